The van der Waals surface area contributed by atoms with Crippen molar-refractivity contribution >= 4 is 11.9 Å². The highest BCUT2D eigenvalue weighted by Crippen LogP contribution is 2.22. The fourth-order valence-electron chi connectivity index (χ4n) is 2.35. The smallest absolute Gasteiger partial charge is 0.161 e. The van der Waals surface area contributed by atoms with E-state index in [1.807, 2.05) is 10.6 Å². The van der Waals surface area contributed by atoms with Gasteiger partial charge in [-0.3, -0.25) is 9.20 Å². The molecule has 3 heterocycles. The number of nitrogens with zero attached hydrogens (tertiary/aromatic N) is 3. The fourth-order valence-corrected chi connectivity index (χ4v) is 2.35. The highest BCUT2D eigenvalue weighted by Gasteiger charge is 2.20. The molecule has 1 unspecified atom stereocenters. The number of fused-ring (bicyclic) bond motifs is 1. The van der Waals surface area contributed by atoms with Crippen molar-refractivity contribution < 1.29 is 4.79 Å². The summed E-state index contributed by atoms with van der Waals surface area (Å²) in [6.07, 6.45) is 5.02. The third-order valence-electron chi connectivity index (χ3n) is 3.26. The van der Waals surface area contributed by atoms with Gasteiger partial charge in [0, 0.05) is 24.2 Å². The standard InChI is InChI=1S/C12H14N4O/c17-8-9-3-5-16-11(6-9)14-15-12(16)10-2-1-4-13-7-10/h3,5-6,8,10,13H,1-2,4,7H2. The number of nitrogens with one attached hydrogen (secondary N) is 1. The molecule has 0 bridgehead atoms. The summed E-state index contributed by atoms with van der Waals surface area (Å²) in [5.74, 6) is 1.41. The van der Waals surface area contributed by atoms with Gasteiger partial charge in [-0.25, -0.2) is 0 Å². The van der Waals surface area contributed by atoms with E-state index in [0.29, 0.717) is 11.5 Å². The Morgan fingerprint density at radius 3 is 3.18 bits per heavy atom. The lowest BCUT2D eigenvalue weighted by Gasteiger charge is -2.21. The molecule has 1 saturated heterocycles. The van der Waals surface area contributed by atoms with Crippen LogP contribution in [0.3, 0.4) is 0 Å². The van der Waals surface area contributed by atoms with Crippen LogP contribution >= 0.6 is 0 Å². The quantitative estimate of drug-likeness (QED) is 0.782. The second kappa shape index (κ2) is 4.25. The SMILES string of the molecule is O=Cc1ccn2c(C3CCCNC3)nnc2c1. The molecule has 0 saturated carbocycles. The van der Waals surface area contributed by atoms with Crippen molar-refractivity contribution in [1.29, 1.82) is 0 Å². The maximum atomic E-state index is 10.7. The maximum absolute atomic E-state index is 10.7. The van der Waals surface area contributed by atoms with E-state index >= 15 is 0 Å². The zero-order valence-electron chi connectivity index (χ0n) is 9.47. The summed E-state index contributed by atoms with van der Waals surface area (Å²) >= 11 is 0. The Balaban J connectivity index is 2.02. The average Bonchev–Trinajstić information content (AvgIpc) is 2.82. The first-order valence-corrected chi connectivity index (χ1v) is 5.89. The first kappa shape index (κ1) is 10.4. The van der Waals surface area contributed by atoms with Gasteiger partial charge in [0.05, 0.1) is 0 Å². The molecule has 0 radical (unpaired) electrons. The number of aldehydes is 1. The Hall–Kier alpha value is -1.75. The lowest BCUT2D eigenvalue weighted by Crippen LogP contribution is -2.29. The summed E-state index contributed by atoms with van der Waals surface area (Å²) in [4.78, 5) is 10.7. The largest absolute Gasteiger partial charge is 0.316 e. The number of pyridine rings is 1. The van der Waals surface area contributed by atoms with Gasteiger partial charge in [-0.05, 0) is 31.5 Å². The first-order chi connectivity index (χ1) is 8.38. The lowest BCUT2D eigenvalue weighted by molar-refractivity contribution is 0.112. The highest BCUT2D eigenvalue weighted by molar-refractivity contribution is 5.76. The second-order valence-corrected chi connectivity index (χ2v) is 4.41. The van der Waals surface area contributed by atoms with Crippen molar-refractivity contribution in [2.45, 2.75) is 18.8 Å². The van der Waals surface area contributed by atoms with Crippen molar-refractivity contribution in [3.05, 3.63) is 29.7 Å². The molecule has 17 heavy (non-hydrogen) atoms. The number of rotatable bonds is 2. The summed E-state index contributed by atoms with van der Waals surface area (Å²) in [6, 6.07) is 3.56. The molecule has 0 aromatic carbocycles. The fraction of sp³-hybridized carbons (Fsp3) is 0.417. The van der Waals surface area contributed by atoms with Crippen LogP contribution in [-0.2, 0) is 0 Å². The van der Waals surface area contributed by atoms with Gasteiger partial charge in [0.2, 0.25) is 0 Å². The maximum Gasteiger partial charge on any atom is 0.161 e. The zero-order chi connectivity index (χ0) is 11.7. The van der Waals surface area contributed by atoms with Crippen molar-refractivity contribution in [1.82, 2.24) is 19.9 Å². The van der Waals surface area contributed by atoms with Gasteiger partial charge >= 0.3 is 0 Å². The van der Waals surface area contributed by atoms with E-state index in [-0.39, 0.29) is 0 Å². The number of hydrogen-bond donors (Lipinski definition) is 1. The second-order valence-electron chi connectivity index (χ2n) is 4.41. The van der Waals surface area contributed by atoms with E-state index in [9.17, 15) is 4.79 Å². The van der Waals surface area contributed by atoms with Crippen LogP contribution in [-0.4, -0.2) is 34.0 Å². The number of aromatic nitrogens is 3. The van der Waals surface area contributed by atoms with Crippen molar-refractivity contribution in [2.75, 3.05) is 13.1 Å². The third kappa shape index (κ3) is 1.82. The zero-order valence-corrected chi connectivity index (χ0v) is 9.47. The number of piperidine rings is 1. The first-order valence-electron chi connectivity index (χ1n) is 5.89. The summed E-state index contributed by atoms with van der Waals surface area (Å²) in [7, 11) is 0. The monoisotopic (exact) mass is 230 g/mol. The molecule has 5 heteroatoms. The van der Waals surface area contributed by atoms with Crippen LogP contribution < -0.4 is 5.32 Å². The van der Waals surface area contributed by atoms with Gasteiger partial charge in [-0.15, -0.1) is 10.2 Å². The minimum absolute atomic E-state index is 0.417. The van der Waals surface area contributed by atoms with Crippen molar-refractivity contribution in [2.24, 2.45) is 0 Å². The number of carbonyl (C=O) groups excluding carboxylic acids is 1. The predicted molar refractivity (Wildman–Crippen MR) is 63.2 cm³/mol. The van der Waals surface area contributed by atoms with Gasteiger partial charge in [0.1, 0.15) is 12.1 Å². The van der Waals surface area contributed by atoms with Crippen molar-refractivity contribution in [3.63, 3.8) is 0 Å². The van der Waals surface area contributed by atoms with E-state index in [1.165, 1.54) is 6.42 Å². The number of carbonyl (C=O) groups is 1. The molecule has 1 fully saturated rings. The molecule has 1 aliphatic heterocycles. The minimum atomic E-state index is 0.417. The Morgan fingerprint density at radius 1 is 1.47 bits per heavy atom. The van der Waals surface area contributed by atoms with Gasteiger partial charge in [0.15, 0.2) is 5.65 Å². The summed E-state index contributed by atoms with van der Waals surface area (Å²) < 4.78 is 1.98. The molecule has 0 spiro atoms. The van der Waals surface area contributed by atoms with Gasteiger partial charge in [0.25, 0.3) is 0 Å². The predicted octanol–water partition coefficient (Wildman–Crippen LogP) is 1.01. The van der Waals surface area contributed by atoms with E-state index in [1.54, 1.807) is 12.1 Å². The molecule has 5 nitrogen and oxygen atoms in total. The Morgan fingerprint density at radius 2 is 2.41 bits per heavy atom. The molecule has 0 aliphatic carbocycles. The molecule has 1 atom stereocenters. The van der Waals surface area contributed by atoms with E-state index in [4.69, 9.17) is 0 Å². The van der Waals surface area contributed by atoms with Crippen LogP contribution in [0.1, 0.15) is 34.9 Å². The summed E-state index contributed by atoms with van der Waals surface area (Å²) in [6.45, 7) is 2.04. The Labute approximate surface area is 98.9 Å². The minimum Gasteiger partial charge on any atom is -0.316 e. The third-order valence-corrected chi connectivity index (χ3v) is 3.26. The molecule has 2 aromatic heterocycles. The Bertz CT molecular complexity index is 542. The van der Waals surface area contributed by atoms with Crippen LogP contribution in [0.5, 0.6) is 0 Å². The summed E-state index contributed by atoms with van der Waals surface area (Å²) in [5.41, 5.74) is 1.38. The van der Waals surface area contributed by atoms with Gasteiger partial charge < -0.3 is 5.32 Å². The molecular formula is C12H14N4O. The molecular weight excluding hydrogens is 216 g/mol. The normalized spacial score (nSPS) is 20.6. The van der Waals surface area contributed by atoms with Crippen LogP contribution in [0.4, 0.5) is 0 Å². The van der Waals surface area contributed by atoms with Crippen LogP contribution in [0, 0.1) is 0 Å². The topological polar surface area (TPSA) is 59.3 Å². The van der Waals surface area contributed by atoms with E-state index < -0.39 is 0 Å². The van der Waals surface area contributed by atoms with Crippen LogP contribution in [0.15, 0.2) is 18.3 Å². The van der Waals surface area contributed by atoms with Crippen molar-refractivity contribution in [3.8, 4) is 0 Å². The van der Waals surface area contributed by atoms with Gasteiger partial charge in [-0.2, -0.15) is 0 Å². The summed E-state index contributed by atoms with van der Waals surface area (Å²) in [5, 5.41) is 11.8. The number of hydrogen-bond acceptors (Lipinski definition) is 4. The molecule has 88 valence electrons. The molecule has 1 aliphatic rings. The van der Waals surface area contributed by atoms with E-state index in [0.717, 1.165) is 37.3 Å². The molecule has 3 rings (SSSR count). The van der Waals surface area contributed by atoms with Gasteiger partial charge in [-0.1, -0.05) is 0 Å². The Kier molecular flexibility index (Phi) is 2.60. The highest BCUT2D eigenvalue weighted by atomic mass is 16.1. The van der Waals surface area contributed by atoms with E-state index in [2.05, 4.69) is 15.5 Å². The lowest BCUT2D eigenvalue weighted by atomic mass is 9.99. The molecule has 1 N–H and O–H groups in total. The molecule has 0 amide bonds. The van der Waals surface area contributed by atoms with Crippen LogP contribution in [0.2, 0.25) is 0 Å². The average molecular weight is 230 g/mol. The van der Waals surface area contributed by atoms with Crippen LogP contribution in [0.25, 0.3) is 5.65 Å². The molecule has 2 aromatic rings.